The van der Waals surface area contributed by atoms with E-state index in [0.717, 1.165) is 51.0 Å². The monoisotopic (exact) mass is 452 g/mol. The van der Waals surface area contributed by atoms with Crippen LogP contribution in [0.25, 0.3) is 11.5 Å². The average molecular weight is 453 g/mol. The van der Waals surface area contributed by atoms with Gasteiger partial charge in [-0.25, -0.2) is 0 Å². The maximum Gasteiger partial charge on any atom is 0.271 e. The largest absolute Gasteiger partial charge is 0.463 e. The number of carbonyl (C=O) groups is 2. The molecule has 2 aliphatic heterocycles. The molecule has 2 fully saturated rings. The zero-order valence-corrected chi connectivity index (χ0v) is 19.7. The summed E-state index contributed by atoms with van der Waals surface area (Å²) in [5.74, 6) is 0.604. The standard InChI is InChI=1S/C26H36N4O3/c1-26(25(32)27-20-9-4-5-10-20)19-29-21(23-11-8-18-33-23)12-13-22(29)24(31)30(26)17-16-28-14-6-2-3-7-15-28/h8,11-13,18,20H,2-7,9-10,14-17,19H2,1H3,(H,27,32). The molecular formula is C26H36N4O3. The molecule has 5 rings (SSSR count). The second-order valence-electron chi connectivity index (χ2n) is 10.1. The van der Waals surface area contributed by atoms with Gasteiger partial charge in [0.05, 0.1) is 18.5 Å². The third kappa shape index (κ3) is 4.35. The highest BCUT2D eigenvalue weighted by atomic mass is 16.3. The van der Waals surface area contributed by atoms with Crippen LogP contribution in [0.2, 0.25) is 0 Å². The van der Waals surface area contributed by atoms with Crippen LogP contribution in [0.4, 0.5) is 0 Å². The SMILES string of the molecule is CC1(C(=O)NC2CCCC2)Cn2c(ccc2-c2ccco2)C(=O)N1CCN1CCCCCC1. The predicted octanol–water partition coefficient (Wildman–Crippen LogP) is 3.90. The van der Waals surface area contributed by atoms with Crippen LogP contribution in [-0.2, 0) is 11.3 Å². The van der Waals surface area contributed by atoms with Gasteiger partial charge in [0.25, 0.3) is 5.91 Å². The molecule has 0 radical (unpaired) electrons. The summed E-state index contributed by atoms with van der Waals surface area (Å²) in [7, 11) is 0. The Hall–Kier alpha value is -2.54. The first-order chi connectivity index (χ1) is 16.1. The van der Waals surface area contributed by atoms with Crippen LogP contribution in [0.5, 0.6) is 0 Å². The van der Waals surface area contributed by atoms with Gasteiger partial charge in [0, 0.05) is 19.1 Å². The summed E-state index contributed by atoms with van der Waals surface area (Å²) in [6.45, 7) is 5.89. The van der Waals surface area contributed by atoms with E-state index in [2.05, 4.69) is 10.2 Å². The van der Waals surface area contributed by atoms with E-state index in [0.29, 0.717) is 24.5 Å². The smallest absolute Gasteiger partial charge is 0.271 e. The maximum absolute atomic E-state index is 13.8. The van der Waals surface area contributed by atoms with Gasteiger partial charge in [0.15, 0.2) is 0 Å². The van der Waals surface area contributed by atoms with Crippen molar-refractivity contribution in [1.82, 2.24) is 19.7 Å². The highest BCUT2D eigenvalue weighted by Gasteiger charge is 2.48. The molecule has 4 heterocycles. The maximum atomic E-state index is 13.8. The molecule has 178 valence electrons. The van der Waals surface area contributed by atoms with Crippen LogP contribution in [0.1, 0.15) is 68.8 Å². The molecule has 1 unspecified atom stereocenters. The lowest BCUT2D eigenvalue weighted by molar-refractivity contribution is -0.133. The van der Waals surface area contributed by atoms with Crippen LogP contribution in [0.3, 0.4) is 0 Å². The minimum absolute atomic E-state index is 0.0386. The molecule has 0 bridgehead atoms. The second-order valence-corrected chi connectivity index (χ2v) is 10.1. The third-order valence-electron chi connectivity index (χ3n) is 7.80. The quantitative estimate of drug-likeness (QED) is 0.722. The van der Waals surface area contributed by atoms with E-state index in [1.165, 1.54) is 25.7 Å². The minimum atomic E-state index is -0.946. The molecule has 1 saturated carbocycles. The van der Waals surface area contributed by atoms with E-state index in [1.54, 1.807) is 6.26 Å². The predicted molar refractivity (Wildman–Crippen MR) is 127 cm³/mol. The molecule has 7 heteroatoms. The summed E-state index contributed by atoms with van der Waals surface area (Å²) >= 11 is 0. The van der Waals surface area contributed by atoms with Gasteiger partial charge in [-0.2, -0.15) is 0 Å². The third-order valence-corrected chi connectivity index (χ3v) is 7.80. The molecule has 7 nitrogen and oxygen atoms in total. The van der Waals surface area contributed by atoms with Crippen LogP contribution < -0.4 is 5.32 Å². The first kappa shape index (κ1) is 22.3. The number of hydrogen-bond acceptors (Lipinski definition) is 4. The second kappa shape index (κ2) is 9.37. The molecule has 0 spiro atoms. The molecule has 2 aromatic rings. The van der Waals surface area contributed by atoms with Crippen LogP contribution >= 0.6 is 0 Å². The van der Waals surface area contributed by atoms with Crippen LogP contribution in [0.15, 0.2) is 34.9 Å². The number of hydrogen-bond donors (Lipinski definition) is 1. The molecule has 33 heavy (non-hydrogen) atoms. The Morgan fingerprint density at radius 3 is 2.45 bits per heavy atom. The lowest BCUT2D eigenvalue weighted by atomic mass is 9.94. The van der Waals surface area contributed by atoms with Crippen molar-refractivity contribution in [3.8, 4) is 11.5 Å². The van der Waals surface area contributed by atoms with E-state index in [9.17, 15) is 9.59 Å². The van der Waals surface area contributed by atoms with Gasteiger partial charge in [-0.1, -0.05) is 25.7 Å². The van der Waals surface area contributed by atoms with Gasteiger partial charge in [0.1, 0.15) is 17.0 Å². The average Bonchev–Trinajstić information content (AvgIpc) is 3.54. The number of carbonyl (C=O) groups excluding carboxylic acids is 2. The van der Waals surface area contributed by atoms with Gasteiger partial charge in [-0.3, -0.25) is 9.59 Å². The number of rotatable bonds is 6. The summed E-state index contributed by atoms with van der Waals surface area (Å²) in [6, 6.07) is 7.76. The van der Waals surface area contributed by atoms with Crippen LogP contribution in [0, 0.1) is 0 Å². The molecule has 1 saturated heterocycles. The van der Waals surface area contributed by atoms with Crippen molar-refractivity contribution in [1.29, 1.82) is 0 Å². The first-order valence-corrected chi connectivity index (χ1v) is 12.6. The minimum Gasteiger partial charge on any atom is -0.463 e. The summed E-state index contributed by atoms with van der Waals surface area (Å²) < 4.78 is 7.60. The van der Waals surface area contributed by atoms with Gasteiger partial charge in [-0.15, -0.1) is 0 Å². The lowest BCUT2D eigenvalue weighted by Gasteiger charge is -2.45. The Kier molecular flexibility index (Phi) is 6.32. The fourth-order valence-corrected chi connectivity index (χ4v) is 5.77. The summed E-state index contributed by atoms with van der Waals surface area (Å²) in [5.41, 5.74) is 0.526. The Bertz CT molecular complexity index is 968. The van der Waals surface area contributed by atoms with E-state index >= 15 is 0 Å². The Morgan fingerprint density at radius 1 is 1.03 bits per heavy atom. The van der Waals surface area contributed by atoms with Crippen molar-refractivity contribution in [3.05, 3.63) is 36.2 Å². The lowest BCUT2D eigenvalue weighted by Crippen LogP contribution is -2.65. The number of furan rings is 1. The van der Waals surface area contributed by atoms with Gasteiger partial charge < -0.3 is 24.1 Å². The van der Waals surface area contributed by atoms with Crippen molar-refractivity contribution in [2.45, 2.75) is 76.4 Å². The summed E-state index contributed by atoms with van der Waals surface area (Å²) in [6.07, 6.45) is 11.0. The van der Waals surface area contributed by atoms with Crippen molar-refractivity contribution in [2.24, 2.45) is 0 Å². The fraction of sp³-hybridized carbons (Fsp3) is 0.615. The Morgan fingerprint density at radius 2 is 1.76 bits per heavy atom. The molecular weight excluding hydrogens is 416 g/mol. The number of aromatic nitrogens is 1. The molecule has 2 amide bonds. The van der Waals surface area contributed by atoms with E-state index in [4.69, 9.17) is 4.42 Å². The molecule has 0 aromatic carbocycles. The summed E-state index contributed by atoms with van der Waals surface area (Å²) in [4.78, 5) is 31.8. The van der Waals surface area contributed by atoms with E-state index in [1.807, 2.05) is 40.7 Å². The van der Waals surface area contributed by atoms with Gasteiger partial charge >= 0.3 is 0 Å². The zero-order chi connectivity index (χ0) is 22.8. The van der Waals surface area contributed by atoms with E-state index in [-0.39, 0.29) is 17.9 Å². The number of nitrogens with one attached hydrogen (secondary N) is 1. The van der Waals surface area contributed by atoms with Crippen molar-refractivity contribution in [3.63, 3.8) is 0 Å². The highest BCUT2D eigenvalue weighted by Crippen LogP contribution is 2.34. The zero-order valence-electron chi connectivity index (χ0n) is 19.7. The van der Waals surface area contributed by atoms with Crippen LogP contribution in [-0.4, -0.2) is 63.9 Å². The number of likely N-dealkylation sites (tertiary alicyclic amines) is 1. The van der Waals surface area contributed by atoms with E-state index < -0.39 is 5.54 Å². The van der Waals surface area contributed by atoms with Crippen molar-refractivity contribution in [2.75, 3.05) is 26.2 Å². The topological polar surface area (TPSA) is 70.7 Å². The first-order valence-electron chi connectivity index (χ1n) is 12.6. The Labute approximate surface area is 196 Å². The summed E-state index contributed by atoms with van der Waals surface area (Å²) in [5, 5.41) is 3.28. The van der Waals surface area contributed by atoms with Gasteiger partial charge in [-0.05, 0) is 70.0 Å². The number of fused-ring (bicyclic) bond motifs is 1. The normalized spacial score (nSPS) is 24.6. The molecule has 3 aliphatic rings. The number of amides is 2. The van der Waals surface area contributed by atoms with Gasteiger partial charge in [0.2, 0.25) is 5.91 Å². The molecule has 1 atom stereocenters. The van der Waals surface area contributed by atoms with Crippen molar-refractivity contribution < 1.29 is 14.0 Å². The Balaban J connectivity index is 1.43. The van der Waals surface area contributed by atoms with Crippen molar-refractivity contribution >= 4 is 11.8 Å². The fourth-order valence-electron chi connectivity index (χ4n) is 5.77. The highest BCUT2D eigenvalue weighted by molar-refractivity contribution is 6.00. The molecule has 1 N–H and O–H groups in total. The molecule has 1 aliphatic carbocycles. The number of nitrogens with zero attached hydrogens (tertiary/aromatic N) is 3. The molecule has 2 aromatic heterocycles.